The predicted molar refractivity (Wildman–Crippen MR) is 83.2 cm³/mol. The molecule has 1 heterocycles. The number of anilines is 1. The van der Waals surface area contributed by atoms with Crippen molar-refractivity contribution in [3.8, 4) is 11.5 Å². The zero-order chi connectivity index (χ0) is 15.4. The predicted octanol–water partition coefficient (Wildman–Crippen LogP) is 2.59. The van der Waals surface area contributed by atoms with Crippen LogP contribution in [0.15, 0.2) is 48.7 Å². The van der Waals surface area contributed by atoms with Gasteiger partial charge < -0.3 is 14.8 Å². The average Bonchev–Trinajstić information content (AvgIpc) is 3.01. The first-order valence-corrected chi connectivity index (χ1v) is 6.74. The number of amides is 1. The molecule has 0 radical (unpaired) electrons. The van der Waals surface area contributed by atoms with Gasteiger partial charge in [-0.05, 0) is 30.3 Å². The fourth-order valence-electron chi connectivity index (χ4n) is 2.05. The molecule has 6 nitrogen and oxygen atoms in total. The van der Waals surface area contributed by atoms with Crippen LogP contribution in [0.1, 0.15) is 0 Å². The van der Waals surface area contributed by atoms with Gasteiger partial charge >= 0.3 is 0 Å². The van der Waals surface area contributed by atoms with E-state index in [0.29, 0.717) is 17.2 Å². The van der Waals surface area contributed by atoms with Gasteiger partial charge in [0.2, 0.25) is 0 Å². The molecule has 22 heavy (non-hydrogen) atoms. The quantitative estimate of drug-likeness (QED) is 0.759. The van der Waals surface area contributed by atoms with Crippen LogP contribution < -0.4 is 14.8 Å². The first kappa shape index (κ1) is 13.9. The van der Waals surface area contributed by atoms with E-state index in [1.807, 2.05) is 24.3 Å². The van der Waals surface area contributed by atoms with E-state index in [4.69, 9.17) is 9.47 Å². The fourth-order valence-corrected chi connectivity index (χ4v) is 2.05. The summed E-state index contributed by atoms with van der Waals surface area (Å²) >= 11 is 0. The smallest absolute Gasteiger partial charge is 0.262 e. The standard InChI is InChI=1S/C16H15N3O3/c1-21-13-3-2-4-14(8-13)22-10-16(20)18-12-6-5-11-9-17-19-15(11)7-12/h2-9H,10H2,1H3,(H,17,19)(H,18,20). The number of H-pyrrole nitrogens is 1. The lowest BCUT2D eigenvalue weighted by Crippen LogP contribution is -2.20. The van der Waals surface area contributed by atoms with Crippen LogP contribution in [0.25, 0.3) is 10.9 Å². The number of ether oxygens (including phenoxy) is 2. The van der Waals surface area contributed by atoms with Gasteiger partial charge in [0.15, 0.2) is 6.61 Å². The first-order chi connectivity index (χ1) is 10.7. The van der Waals surface area contributed by atoms with Gasteiger partial charge in [0, 0.05) is 17.1 Å². The van der Waals surface area contributed by atoms with Gasteiger partial charge in [-0.15, -0.1) is 0 Å². The van der Waals surface area contributed by atoms with E-state index in [2.05, 4.69) is 15.5 Å². The van der Waals surface area contributed by atoms with E-state index < -0.39 is 0 Å². The highest BCUT2D eigenvalue weighted by atomic mass is 16.5. The first-order valence-electron chi connectivity index (χ1n) is 6.74. The van der Waals surface area contributed by atoms with Crippen LogP contribution in [0.5, 0.6) is 11.5 Å². The fraction of sp³-hybridized carbons (Fsp3) is 0.125. The van der Waals surface area contributed by atoms with Crippen LogP contribution in [0.4, 0.5) is 5.69 Å². The molecule has 0 aliphatic carbocycles. The number of aromatic nitrogens is 2. The highest BCUT2D eigenvalue weighted by Gasteiger charge is 2.05. The van der Waals surface area contributed by atoms with Crippen molar-refractivity contribution in [2.75, 3.05) is 19.0 Å². The summed E-state index contributed by atoms with van der Waals surface area (Å²) < 4.78 is 10.5. The Bertz CT molecular complexity index is 798. The minimum Gasteiger partial charge on any atom is -0.497 e. The van der Waals surface area contributed by atoms with E-state index in [9.17, 15) is 4.79 Å². The third-order valence-electron chi connectivity index (χ3n) is 3.14. The molecule has 0 saturated heterocycles. The van der Waals surface area contributed by atoms with Crippen molar-refractivity contribution in [2.24, 2.45) is 0 Å². The number of nitrogens with one attached hydrogen (secondary N) is 2. The van der Waals surface area contributed by atoms with Gasteiger partial charge in [-0.3, -0.25) is 9.89 Å². The maximum atomic E-state index is 11.9. The Morgan fingerprint density at radius 1 is 1.23 bits per heavy atom. The van der Waals surface area contributed by atoms with E-state index in [-0.39, 0.29) is 12.5 Å². The molecule has 0 spiro atoms. The lowest BCUT2D eigenvalue weighted by Gasteiger charge is -2.08. The van der Waals surface area contributed by atoms with Gasteiger partial charge in [0.05, 0.1) is 18.8 Å². The van der Waals surface area contributed by atoms with Crippen LogP contribution in [0.2, 0.25) is 0 Å². The van der Waals surface area contributed by atoms with Crippen LogP contribution in [-0.4, -0.2) is 29.8 Å². The molecule has 3 aromatic rings. The largest absolute Gasteiger partial charge is 0.497 e. The SMILES string of the molecule is COc1cccc(OCC(=O)Nc2ccc3cn[nH]c3c2)c1. The minimum absolute atomic E-state index is 0.0752. The van der Waals surface area contributed by atoms with Crippen molar-refractivity contribution in [2.45, 2.75) is 0 Å². The summed E-state index contributed by atoms with van der Waals surface area (Å²) in [6.45, 7) is -0.0752. The third kappa shape index (κ3) is 3.17. The molecule has 0 unspecified atom stereocenters. The maximum Gasteiger partial charge on any atom is 0.262 e. The van der Waals surface area contributed by atoms with Crippen LogP contribution in [-0.2, 0) is 4.79 Å². The third-order valence-corrected chi connectivity index (χ3v) is 3.14. The molecule has 0 bridgehead atoms. The molecule has 6 heteroatoms. The van der Waals surface area contributed by atoms with Crippen molar-refractivity contribution >= 4 is 22.5 Å². The molecule has 0 atom stereocenters. The molecule has 1 aromatic heterocycles. The van der Waals surface area contributed by atoms with Gasteiger partial charge in [0.25, 0.3) is 5.91 Å². The minimum atomic E-state index is -0.235. The Morgan fingerprint density at radius 2 is 2.09 bits per heavy atom. The average molecular weight is 297 g/mol. The second-order valence-electron chi connectivity index (χ2n) is 4.69. The summed E-state index contributed by atoms with van der Waals surface area (Å²) in [5.41, 5.74) is 1.56. The van der Waals surface area contributed by atoms with E-state index in [1.54, 1.807) is 31.5 Å². The molecule has 112 valence electrons. The van der Waals surface area contributed by atoms with E-state index >= 15 is 0 Å². The Labute approximate surface area is 127 Å². The molecule has 2 N–H and O–H groups in total. The second-order valence-corrected chi connectivity index (χ2v) is 4.69. The number of methoxy groups -OCH3 is 1. The zero-order valence-corrected chi connectivity index (χ0v) is 12.0. The van der Waals surface area contributed by atoms with Crippen molar-refractivity contribution in [3.63, 3.8) is 0 Å². The van der Waals surface area contributed by atoms with Crippen molar-refractivity contribution in [1.29, 1.82) is 0 Å². The molecule has 1 amide bonds. The molecule has 0 fully saturated rings. The molecule has 3 rings (SSSR count). The topological polar surface area (TPSA) is 76.2 Å². The monoisotopic (exact) mass is 297 g/mol. The Hall–Kier alpha value is -3.02. The summed E-state index contributed by atoms with van der Waals surface area (Å²) in [5.74, 6) is 1.03. The highest BCUT2D eigenvalue weighted by molar-refractivity contribution is 5.94. The van der Waals surface area contributed by atoms with Crippen molar-refractivity contribution in [3.05, 3.63) is 48.7 Å². The number of benzene rings is 2. The van der Waals surface area contributed by atoms with Gasteiger partial charge in [-0.25, -0.2) is 0 Å². The number of fused-ring (bicyclic) bond motifs is 1. The molecule has 0 aliphatic rings. The normalized spacial score (nSPS) is 10.4. The lowest BCUT2D eigenvalue weighted by molar-refractivity contribution is -0.118. The van der Waals surface area contributed by atoms with Crippen molar-refractivity contribution < 1.29 is 14.3 Å². The van der Waals surface area contributed by atoms with Gasteiger partial charge in [-0.2, -0.15) is 5.10 Å². The van der Waals surface area contributed by atoms with Crippen LogP contribution in [0.3, 0.4) is 0 Å². The number of nitrogens with zero attached hydrogens (tertiary/aromatic N) is 1. The summed E-state index contributed by atoms with van der Waals surface area (Å²) in [7, 11) is 1.58. The molecule has 0 saturated carbocycles. The highest BCUT2D eigenvalue weighted by Crippen LogP contribution is 2.19. The number of hydrogen-bond acceptors (Lipinski definition) is 4. The van der Waals surface area contributed by atoms with Crippen LogP contribution >= 0.6 is 0 Å². The Morgan fingerprint density at radius 3 is 2.95 bits per heavy atom. The van der Waals surface area contributed by atoms with Crippen LogP contribution in [0, 0.1) is 0 Å². The van der Waals surface area contributed by atoms with Gasteiger partial charge in [-0.1, -0.05) is 6.07 Å². The summed E-state index contributed by atoms with van der Waals surface area (Å²) in [4.78, 5) is 11.9. The van der Waals surface area contributed by atoms with E-state index in [0.717, 1.165) is 10.9 Å². The lowest BCUT2D eigenvalue weighted by atomic mass is 10.2. The second kappa shape index (κ2) is 6.17. The number of carbonyl (C=O) groups excluding carboxylic acids is 1. The molecule has 2 aromatic carbocycles. The maximum absolute atomic E-state index is 11.9. The number of carbonyl (C=O) groups is 1. The van der Waals surface area contributed by atoms with Gasteiger partial charge in [0.1, 0.15) is 11.5 Å². The molecule has 0 aliphatic heterocycles. The Kier molecular flexibility index (Phi) is 3.91. The Balaban J connectivity index is 1.59. The molecular weight excluding hydrogens is 282 g/mol. The zero-order valence-electron chi connectivity index (χ0n) is 12.0. The summed E-state index contributed by atoms with van der Waals surface area (Å²) in [6, 6.07) is 12.6. The number of rotatable bonds is 5. The van der Waals surface area contributed by atoms with Crippen molar-refractivity contribution in [1.82, 2.24) is 10.2 Å². The number of hydrogen-bond donors (Lipinski definition) is 2. The summed E-state index contributed by atoms with van der Waals surface area (Å²) in [5, 5.41) is 10.6. The van der Waals surface area contributed by atoms with E-state index in [1.165, 1.54) is 0 Å². The number of aromatic amines is 1. The molecular formula is C16H15N3O3. The summed E-state index contributed by atoms with van der Waals surface area (Å²) in [6.07, 6.45) is 1.73.